The number of hydrogen-bond donors (Lipinski definition) is 1. The first-order valence-corrected chi connectivity index (χ1v) is 4.71. The number of hydrogen-bond acceptors (Lipinski definition) is 2. The predicted octanol–water partition coefficient (Wildman–Crippen LogP) is 2.03. The fourth-order valence-corrected chi connectivity index (χ4v) is 1.57. The maximum atomic E-state index is 5.61. The molecule has 1 aliphatic carbocycles. The molecule has 1 aromatic carbocycles. The number of ether oxygens (including phenoxy) is 1. The summed E-state index contributed by atoms with van der Waals surface area (Å²) in [5.74, 6) is 1.70. The van der Waals surface area contributed by atoms with Gasteiger partial charge < -0.3 is 10.5 Å². The van der Waals surface area contributed by atoms with Gasteiger partial charge in [0.1, 0.15) is 5.75 Å². The molecule has 0 heterocycles. The van der Waals surface area contributed by atoms with E-state index >= 15 is 0 Å². The van der Waals surface area contributed by atoms with Crippen molar-refractivity contribution >= 4 is 0 Å². The Kier molecular flexibility index (Phi) is 2.23. The molecule has 2 rings (SSSR count). The van der Waals surface area contributed by atoms with Crippen molar-refractivity contribution in [3.05, 3.63) is 29.3 Å². The van der Waals surface area contributed by atoms with E-state index in [9.17, 15) is 0 Å². The van der Waals surface area contributed by atoms with E-state index in [-0.39, 0.29) is 0 Å². The fourth-order valence-electron chi connectivity index (χ4n) is 1.57. The van der Waals surface area contributed by atoms with Crippen LogP contribution in [0.5, 0.6) is 5.75 Å². The van der Waals surface area contributed by atoms with E-state index in [1.54, 1.807) is 7.11 Å². The van der Waals surface area contributed by atoms with Gasteiger partial charge >= 0.3 is 0 Å². The Labute approximate surface area is 78.7 Å². The Morgan fingerprint density at radius 3 is 2.69 bits per heavy atom. The standard InChI is InChI=1S/C11H15NO/c1-13-11-5-8(7-12)4-10(6-11)9-2-3-9/h4-6,9H,2-3,7,12H2,1H3. The molecule has 2 nitrogen and oxygen atoms in total. The van der Waals surface area contributed by atoms with E-state index in [4.69, 9.17) is 10.5 Å². The summed E-state index contributed by atoms with van der Waals surface area (Å²) in [6, 6.07) is 6.32. The zero-order valence-electron chi connectivity index (χ0n) is 7.92. The van der Waals surface area contributed by atoms with Crippen molar-refractivity contribution in [1.29, 1.82) is 0 Å². The molecule has 0 unspecified atom stereocenters. The molecule has 0 radical (unpaired) electrons. The largest absolute Gasteiger partial charge is 0.497 e. The minimum atomic E-state index is 0.594. The van der Waals surface area contributed by atoms with Gasteiger partial charge in [-0.25, -0.2) is 0 Å². The number of methoxy groups -OCH3 is 1. The van der Waals surface area contributed by atoms with Crippen molar-refractivity contribution in [3.63, 3.8) is 0 Å². The summed E-state index contributed by atoms with van der Waals surface area (Å²) in [4.78, 5) is 0. The van der Waals surface area contributed by atoms with Crippen LogP contribution in [0, 0.1) is 0 Å². The van der Waals surface area contributed by atoms with Crippen LogP contribution in [0.4, 0.5) is 0 Å². The molecule has 2 heteroatoms. The third-order valence-electron chi connectivity index (χ3n) is 2.51. The molecule has 0 bridgehead atoms. The summed E-state index contributed by atoms with van der Waals surface area (Å²) in [5.41, 5.74) is 8.16. The van der Waals surface area contributed by atoms with Gasteiger partial charge in [0.15, 0.2) is 0 Å². The van der Waals surface area contributed by atoms with Gasteiger partial charge in [0.05, 0.1) is 7.11 Å². The van der Waals surface area contributed by atoms with Gasteiger partial charge in [-0.2, -0.15) is 0 Å². The lowest BCUT2D eigenvalue weighted by Crippen LogP contribution is -1.98. The monoisotopic (exact) mass is 177 g/mol. The van der Waals surface area contributed by atoms with Crippen molar-refractivity contribution in [2.45, 2.75) is 25.3 Å². The molecule has 0 atom stereocenters. The molecule has 0 saturated heterocycles. The second-order valence-corrected chi connectivity index (χ2v) is 3.59. The van der Waals surface area contributed by atoms with Crippen LogP contribution in [0.1, 0.15) is 29.9 Å². The normalized spacial score (nSPS) is 15.8. The summed E-state index contributed by atoms with van der Waals surface area (Å²) < 4.78 is 5.22. The molecule has 0 amide bonds. The van der Waals surface area contributed by atoms with Gasteiger partial charge in [-0.3, -0.25) is 0 Å². The lowest BCUT2D eigenvalue weighted by atomic mass is 10.1. The van der Waals surface area contributed by atoms with E-state index in [0.29, 0.717) is 6.54 Å². The zero-order valence-corrected chi connectivity index (χ0v) is 7.92. The van der Waals surface area contributed by atoms with Crippen LogP contribution < -0.4 is 10.5 Å². The van der Waals surface area contributed by atoms with Crippen molar-refractivity contribution in [3.8, 4) is 5.75 Å². The predicted molar refractivity (Wildman–Crippen MR) is 52.9 cm³/mol. The molecule has 0 spiro atoms. The van der Waals surface area contributed by atoms with Crippen LogP contribution in [0.3, 0.4) is 0 Å². The van der Waals surface area contributed by atoms with Gasteiger partial charge in [-0.15, -0.1) is 0 Å². The molecule has 1 fully saturated rings. The summed E-state index contributed by atoms with van der Waals surface area (Å²) in [7, 11) is 1.70. The summed E-state index contributed by atoms with van der Waals surface area (Å²) in [6.45, 7) is 0.594. The first-order chi connectivity index (χ1) is 6.33. The SMILES string of the molecule is COc1cc(CN)cc(C2CC2)c1. The van der Waals surface area contributed by atoms with Crippen LogP contribution in [0.2, 0.25) is 0 Å². The van der Waals surface area contributed by atoms with Gasteiger partial charge in [0, 0.05) is 6.54 Å². The van der Waals surface area contributed by atoms with Crippen LogP contribution in [-0.2, 0) is 6.54 Å². The number of rotatable bonds is 3. The second kappa shape index (κ2) is 3.38. The highest BCUT2D eigenvalue weighted by Crippen LogP contribution is 2.41. The molecule has 1 aromatic rings. The van der Waals surface area contributed by atoms with E-state index in [1.165, 1.54) is 24.0 Å². The molecule has 0 aromatic heterocycles. The topological polar surface area (TPSA) is 35.2 Å². The Hall–Kier alpha value is -1.02. The van der Waals surface area contributed by atoms with Crippen LogP contribution in [0.25, 0.3) is 0 Å². The van der Waals surface area contributed by atoms with E-state index < -0.39 is 0 Å². The lowest BCUT2D eigenvalue weighted by molar-refractivity contribution is 0.413. The minimum Gasteiger partial charge on any atom is -0.497 e. The van der Waals surface area contributed by atoms with Crippen molar-refractivity contribution in [1.82, 2.24) is 0 Å². The summed E-state index contributed by atoms with van der Waals surface area (Å²) in [6.07, 6.45) is 2.63. The molecule has 70 valence electrons. The number of nitrogens with two attached hydrogens (primary N) is 1. The third-order valence-corrected chi connectivity index (χ3v) is 2.51. The highest BCUT2D eigenvalue weighted by molar-refractivity contribution is 5.37. The van der Waals surface area contributed by atoms with Crippen LogP contribution in [0.15, 0.2) is 18.2 Å². The molecule has 13 heavy (non-hydrogen) atoms. The Morgan fingerprint density at radius 1 is 1.38 bits per heavy atom. The second-order valence-electron chi connectivity index (χ2n) is 3.59. The van der Waals surface area contributed by atoms with E-state index in [2.05, 4.69) is 12.1 Å². The van der Waals surface area contributed by atoms with E-state index in [1.807, 2.05) is 6.07 Å². The molecule has 0 aliphatic heterocycles. The van der Waals surface area contributed by atoms with Crippen molar-refractivity contribution < 1.29 is 4.74 Å². The first kappa shape index (κ1) is 8.57. The highest BCUT2D eigenvalue weighted by Gasteiger charge is 2.24. The Balaban J connectivity index is 2.33. The maximum Gasteiger partial charge on any atom is 0.119 e. The van der Waals surface area contributed by atoms with Gasteiger partial charge in [0.2, 0.25) is 0 Å². The van der Waals surface area contributed by atoms with Crippen molar-refractivity contribution in [2.75, 3.05) is 7.11 Å². The molecular weight excluding hydrogens is 162 g/mol. The highest BCUT2D eigenvalue weighted by atomic mass is 16.5. The zero-order chi connectivity index (χ0) is 9.26. The molecule has 1 saturated carbocycles. The van der Waals surface area contributed by atoms with Crippen LogP contribution >= 0.6 is 0 Å². The summed E-state index contributed by atoms with van der Waals surface area (Å²) in [5, 5.41) is 0. The van der Waals surface area contributed by atoms with Gasteiger partial charge in [-0.05, 0) is 42.0 Å². The Morgan fingerprint density at radius 2 is 2.15 bits per heavy atom. The Bertz CT molecular complexity index is 283. The minimum absolute atomic E-state index is 0.594. The maximum absolute atomic E-state index is 5.61. The van der Waals surface area contributed by atoms with Crippen LogP contribution in [-0.4, -0.2) is 7.11 Å². The molecular formula is C11H15NO. The average Bonchev–Trinajstić information content (AvgIpc) is 3.00. The average molecular weight is 177 g/mol. The first-order valence-electron chi connectivity index (χ1n) is 4.71. The van der Waals surface area contributed by atoms with E-state index in [0.717, 1.165) is 11.7 Å². The molecule has 1 aliphatic rings. The third kappa shape index (κ3) is 1.83. The fraction of sp³-hybridized carbons (Fsp3) is 0.455. The van der Waals surface area contributed by atoms with Gasteiger partial charge in [0.25, 0.3) is 0 Å². The van der Waals surface area contributed by atoms with Crippen molar-refractivity contribution in [2.24, 2.45) is 5.73 Å². The van der Waals surface area contributed by atoms with Gasteiger partial charge in [-0.1, -0.05) is 6.07 Å². The quantitative estimate of drug-likeness (QED) is 0.766. The lowest BCUT2D eigenvalue weighted by Gasteiger charge is -2.06. The molecule has 2 N–H and O–H groups in total. The number of benzene rings is 1. The smallest absolute Gasteiger partial charge is 0.119 e. The summed E-state index contributed by atoms with van der Waals surface area (Å²) >= 11 is 0.